The molecule has 29 heavy (non-hydrogen) atoms. The average molecular weight is 419 g/mol. The molecule has 0 bridgehead atoms. The van der Waals surface area contributed by atoms with Gasteiger partial charge in [0.25, 0.3) is 0 Å². The van der Waals surface area contributed by atoms with Crippen molar-refractivity contribution in [2.24, 2.45) is 0 Å². The van der Waals surface area contributed by atoms with Crippen LogP contribution in [0.5, 0.6) is 0 Å². The summed E-state index contributed by atoms with van der Waals surface area (Å²) in [5, 5.41) is 0. The lowest BCUT2D eigenvalue weighted by atomic mass is 10.2. The predicted molar refractivity (Wildman–Crippen MR) is 121 cm³/mol. The van der Waals surface area contributed by atoms with Gasteiger partial charge >= 0.3 is 0 Å². The first kappa shape index (κ1) is 41.4. The van der Waals surface area contributed by atoms with Crippen molar-refractivity contribution in [3.63, 3.8) is 0 Å². The van der Waals surface area contributed by atoms with E-state index < -0.39 is 0 Å². The number of carbonyl (C=O) groups excluding carboxylic acids is 6. The summed E-state index contributed by atoms with van der Waals surface area (Å²) < 4.78 is 0. The predicted octanol–water partition coefficient (Wildman–Crippen LogP) is 5.52. The molecule has 6 nitrogen and oxygen atoms in total. The molecule has 174 valence electrons. The molecule has 0 aromatic heterocycles. The van der Waals surface area contributed by atoms with Crippen molar-refractivity contribution < 1.29 is 28.8 Å². The van der Waals surface area contributed by atoms with Crippen LogP contribution in [0.15, 0.2) is 0 Å². The van der Waals surface area contributed by atoms with E-state index in [-0.39, 0.29) is 11.6 Å². The third-order valence-electron chi connectivity index (χ3n) is 2.51. The van der Waals surface area contributed by atoms with E-state index in [2.05, 4.69) is 13.8 Å². The van der Waals surface area contributed by atoms with Gasteiger partial charge in [-0.1, -0.05) is 40.0 Å². The number of ketones is 4. The molecule has 0 saturated carbocycles. The van der Waals surface area contributed by atoms with Gasteiger partial charge in [-0.25, -0.2) is 0 Å². The van der Waals surface area contributed by atoms with Crippen LogP contribution < -0.4 is 0 Å². The van der Waals surface area contributed by atoms with E-state index in [0.29, 0.717) is 18.0 Å². The summed E-state index contributed by atoms with van der Waals surface area (Å²) in [5.74, 6) is 1.05. The summed E-state index contributed by atoms with van der Waals surface area (Å²) in [4.78, 5) is 56.6. The van der Waals surface area contributed by atoms with Crippen LogP contribution in [-0.4, -0.2) is 36.2 Å². The molecule has 0 amide bonds. The fourth-order valence-electron chi connectivity index (χ4n) is 1.05. The maximum Gasteiger partial charge on any atom is 0.129 e. The first-order valence-electron chi connectivity index (χ1n) is 10.1. The van der Waals surface area contributed by atoms with Crippen LogP contribution in [-0.2, 0) is 28.8 Å². The Kier molecular flexibility index (Phi) is 64.3. The normalized spacial score (nSPS) is 7.48. The molecule has 0 aliphatic rings. The molecule has 0 rings (SSSR count). The molecule has 0 heterocycles. The number of unbranched alkanes of at least 4 members (excludes halogenated alkanes) is 3. The molecule has 0 radical (unpaired) electrons. The van der Waals surface area contributed by atoms with Gasteiger partial charge < -0.3 is 28.8 Å². The Morgan fingerprint density at radius 1 is 0.655 bits per heavy atom. The third kappa shape index (κ3) is 185. The molecule has 0 aromatic carbocycles. The van der Waals surface area contributed by atoms with Gasteiger partial charge in [-0.2, -0.15) is 0 Å². The van der Waals surface area contributed by atoms with Crippen molar-refractivity contribution in [1.82, 2.24) is 0 Å². The van der Waals surface area contributed by atoms with Crippen LogP contribution in [0, 0.1) is 0 Å². The highest BCUT2D eigenvalue weighted by molar-refractivity contribution is 5.75. The number of carbonyl (C=O) groups is 6. The second-order valence-electron chi connectivity index (χ2n) is 6.16. The van der Waals surface area contributed by atoms with Gasteiger partial charge in [-0.15, -0.1) is 0 Å². The van der Waals surface area contributed by atoms with E-state index in [9.17, 15) is 19.2 Å². The van der Waals surface area contributed by atoms with Crippen molar-refractivity contribution in [2.45, 2.75) is 114 Å². The van der Waals surface area contributed by atoms with Gasteiger partial charge in [0.05, 0.1) is 0 Å². The molecule has 0 spiro atoms. The van der Waals surface area contributed by atoms with Gasteiger partial charge in [-0.05, 0) is 54.4 Å². The zero-order valence-electron chi connectivity index (χ0n) is 20.4. The third-order valence-corrected chi connectivity index (χ3v) is 2.51. The second-order valence-corrected chi connectivity index (χ2v) is 6.16. The molecule has 0 N–H and O–H groups in total. The highest BCUT2D eigenvalue weighted by Crippen LogP contribution is 1.98. The van der Waals surface area contributed by atoms with Gasteiger partial charge in [0.1, 0.15) is 36.2 Å². The van der Waals surface area contributed by atoms with E-state index in [4.69, 9.17) is 9.59 Å². The van der Waals surface area contributed by atoms with Crippen molar-refractivity contribution in [1.29, 1.82) is 0 Å². The lowest BCUT2D eigenvalue weighted by Crippen LogP contribution is -1.87. The van der Waals surface area contributed by atoms with E-state index in [1.54, 1.807) is 20.8 Å². The molecule has 0 unspecified atom stereocenters. The van der Waals surface area contributed by atoms with Crippen molar-refractivity contribution >= 4 is 36.2 Å². The second kappa shape index (κ2) is 45.0. The zero-order chi connectivity index (χ0) is 24.7. The Bertz CT molecular complexity index is 372. The lowest BCUT2D eigenvalue weighted by Gasteiger charge is -1.90. The van der Waals surface area contributed by atoms with Crippen LogP contribution >= 0.6 is 0 Å². The summed E-state index contributed by atoms with van der Waals surface area (Å²) in [6.07, 6.45) is 8.60. The van der Waals surface area contributed by atoms with Crippen LogP contribution in [0.3, 0.4) is 0 Å². The molecule has 0 fully saturated rings. The van der Waals surface area contributed by atoms with Gasteiger partial charge in [0.15, 0.2) is 0 Å². The molecule has 6 heteroatoms. The summed E-state index contributed by atoms with van der Waals surface area (Å²) in [6, 6.07) is 0. The quantitative estimate of drug-likeness (QED) is 0.380. The number of hydrogen-bond donors (Lipinski definition) is 0. The Morgan fingerprint density at radius 2 is 0.897 bits per heavy atom. The Morgan fingerprint density at radius 3 is 1.03 bits per heavy atom. The highest BCUT2D eigenvalue weighted by atomic mass is 16.1. The van der Waals surface area contributed by atoms with Crippen LogP contribution in [0.25, 0.3) is 0 Å². The maximum absolute atomic E-state index is 10.3. The van der Waals surface area contributed by atoms with Crippen molar-refractivity contribution in [2.75, 3.05) is 0 Å². The lowest BCUT2D eigenvalue weighted by molar-refractivity contribution is -0.117. The van der Waals surface area contributed by atoms with E-state index in [1.165, 1.54) is 33.6 Å². The standard InChI is InChI=1S/C7H14O.C6H12O.C4H8O.C3H6O.C2H4O.CH2O/c1-3-4-5-6-7(2)8;1-3-4-5-6(2)7;1-3-4(2)5;1-3(2)4;1-2-3;1-2/h3-6H2,1-2H3;3-5H2,1-2H3;3H2,1-2H3;1-2H3;2H,1H3;1H2. The largest absolute Gasteiger partial charge is 0.307 e. The molecule has 0 aromatic rings. The van der Waals surface area contributed by atoms with Crippen molar-refractivity contribution in [3.8, 4) is 0 Å². The maximum atomic E-state index is 10.3. The van der Waals surface area contributed by atoms with Crippen LogP contribution in [0.4, 0.5) is 0 Å². The molecule has 0 aliphatic carbocycles. The van der Waals surface area contributed by atoms with E-state index in [1.807, 2.05) is 13.7 Å². The molecule has 0 aliphatic heterocycles. The minimum atomic E-state index is 0.167. The fraction of sp³-hybridized carbons (Fsp3) is 0.739. The topological polar surface area (TPSA) is 102 Å². The average Bonchev–Trinajstić information content (AvgIpc) is 2.63. The number of Topliss-reactive ketones (excluding diaryl/α,β-unsaturated/α-hetero) is 4. The first-order chi connectivity index (χ1) is 13.5. The Labute approximate surface area is 179 Å². The minimum absolute atomic E-state index is 0.167. The summed E-state index contributed by atoms with van der Waals surface area (Å²) >= 11 is 0. The Balaban J connectivity index is -0.0000000579. The number of aldehydes is 1. The molecular formula is C23H46O6. The summed E-state index contributed by atoms with van der Waals surface area (Å²) in [7, 11) is 0. The minimum Gasteiger partial charge on any atom is -0.307 e. The molecular weight excluding hydrogens is 372 g/mol. The van der Waals surface area contributed by atoms with Crippen LogP contribution in [0.2, 0.25) is 0 Å². The zero-order valence-corrected chi connectivity index (χ0v) is 20.4. The first-order valence-corrected chi connectivity index (χ1v) is 10.1. The van der Waals surface area contributed by atoms with Crippen LogP contribution in [0.1, 0.15) is 114 Å². The number of hydrogen-bond acceptors (Lipinski definition) is 6. The van der Waals surface area contributed by atoms with Gasteiger partial charge in [-0.3, -0.25) is 0 Å². The van der Waals surface area contributed by atoms with E-state index >= 15 is 0 Å². The van der Waals surface area contributed by atoms with Crippen molar-refractivity contribution in [3.05, 3.63) is 0 Å². The summed E-state index contributed by atoms with van der Waals surface area (Å²) in [5.41, 5.74) is 0. The Hall–Kier alpha value is -1.98. The SMILES string of the molecule is C=O.CC(C)=O.CC=O.CCC(C)=O.CCCCC(C)=O.CCCCCC(C)=O. The van der Waals surface area contributed by atoms with Gasteiger partial charge in [0.2, 0.25) is 0 Å². The fourth-order valence-corrected chi connectivity index (χ4v) is 1.05. The highest BCUT2D eigenvalue weighted by Gasteiger charge is 1.89. The van der Waals surface area contributed by atoms with Gasteiger partial charge in [0, 0.05) is 19.3 Å². The molecule has 0 saturated heterocycles. The molecule has 0 atom stereocenters. The summed E-state index contributed by atoms with van der Waals surface area (Å²) in [6.45, 7) is 17.4. The van der Waals surface area contributed by atoms with E-state index in [0.717, 1.165) is 38.4 Å². The number of rotatable bonds is 8. The smallest absolute Gasteiger partial charge is 0.129 e. The monoisotopic (exact) mass is 418 g/mol.